The average molecular weight is 262 g/mol. The summed E-state index contributed by atoms with van der Waals surface area (Å²) >= 11 is 7.51. The van der Waals surface area contributed by atoms with Crippen molar-refractivity contribution < 1.29 is 4.74 Å². The predicted molar refractivity (Wildman–Crippen MR) is 71.3 cm³/mol. The molecule has 0 aliphatic carbocycles. The van der Waals surface area contributed by atoms with Crippen molar-refractivity contribution in [1.82, 2.24) is 5.32 Å². The summed E-state index contributed by atoms with van der Waals surface area (Å²) in [4.78, 5) is 1.28. The Balaban J connectivity index is 2.24. The van der Waals surface area contributed by atoms with Crippen LogP contribution in [0.4, 0.5) is 0 Å². The average Bonchev–Trinajstić information content (AvgIpc) is 2.61. The van der Waals surface area contributed by atoms with Gasteiger partial charge < -0.3 is 10.1 Å². The summed E-state index contributed by atoms with van der Waals surface area (Å²) in [6.07, 6.45) is 1.07. The van der Waals surface area contributed by atoms with Crippen molar-refractivity contribution in [2.24, 2.45) is 5.41 Å². The van der Waals surface area contributed by atoms with E-state index in [0.717, 1.165) is 30.5 Å². The standard InChI is InChI=1S/C12H20ClNOS/c1-12(2,6-7-15-3)9-14-8-10-4-5-11(13)16-10/h4-5,14H,6-9H2,1-3H3. The molecule has 1 N–H and O–H groups in total. The predicted octanol–water partition coefficient (Wildman–Crippen LogP) is 3.55. The molecule has 0 fully saturated rings. The van der Waals surface area contributed by atoms with Crippen LogP contribution in [-0.4, -0.2) is 20.3 Å². The zero-order chi connectivity index (χ0) is 12.0. The van der Waals surface area contributed by atoms with E-state index in [1.54, 1.807) is 18.4 Å². The molecule has 1 aromatic rings. The molecular formula is C12H20ClNOS. The van der Waals surface area contributed by atoms with E-state index >= 15 is 0 Å². The van der Waals surface area contributed by atoms with Crippen LogP contribution in [-0.2, 0) is 11.3 Å². The van der Waals surface area contributed by atoms with Crippen LogP contribution in [0.15, 0.2) is 12.1 Å². The molecule has 0 unspecified atom stereocenters. The van der Waals surface area contributed by atoms with Gasteiger partial charge in [0, 0.05) is 31.7 Å². The molecule has 0 aliphatic heterocycles. The first-order valence-electron chi connectivity index (χ1n) is 5.47. The Morgan fingerprint density at radius 3 is 2.75 bits per heavy atom. The molecular weight excluding hydrogens is 242 g/mol. The minimum Gasteiger partial charge on any atom is -0.385 e. The number of methoxy groups -OCH3 is 1. The van der Waals surface area contributed by atoms with Crippen LogP contribution in [0.1, 0.15) is 25.1 Å². The molecule has 0 spiro atoms. The molecule has 1 rings (SSSR count). The van der Waals surface area contributed by atoms with Crippen LogP contribution in [0.25, 0.3) is 0 Å². The van der Waals surface area contributed by atoms with Crippen LogP contribution in [0.2, 0.25) is 4.34 Å². The monoisotopic (exact) mass is 261 g/mol. The van der Waals surface area contributed by atoms with E-state index in [-0.39, 0.29) is 5.41 Å². The van der Waals surface area contributed by atoms with E-state index < -0.39 is 0 Å². The Hall–Kier alpha value is -0.0900. The Morgan fingerprint density at radius 2 is 2.19 bits per heavy atom. The highest BCUT2D eigenvalue weighted by atomic mass is 35.5. The molecule has 0 bridgehead atoms. The van der Waals surface area contributed by atoms with Gasteiger partial charge in [0.15, 0.2) is 0 Å². The third kappa shape index (κ3) is 5.30. The van der Waals surface area contributed by atoms with Gasteiger partial charge in [-0.05, 0) is 24.0 Å². The highest BCUT2D eigenvalue weighted by Crippen LogP contribution is 2.22. The van der Waals surface area contributed by atoms with Crippen molar-refractivity contribution in [1.29, 1.82) is 0 Å². The number of nitrogens with one attached hydrogen (secondary N) is 1. The summed E-state index contributed by atoms with van der Waals surface area (Å²) in [6, 6.07) is 4.02. The Labute approximate surface area is 107 Å². The van der Waals surface area contributed by atoms with E-state index in [1.807, 2.05) is 6.07 Å². The first kappa shape index (κ1) is 14.0. The van der Waals surface area contributed by atoms with E-state index in [4.69, 9.17) is 16.3 Å². The quantitative estimate of drug-likeness (QED) is 0.811. The number of ether oxygens (including phenoxy) is 1. The van der Waals surface area contributed by atoms with E-state index in [2.05, 4.69) is 25.2 Å². The number of rotatable bonds is 7. The van der Waals surface area contributed by atoms with Gasteiger partial charge >= 0.3 is 0 Å². The lowest BCUT2D eigenvalue weighted by atomic mass is 9.90. The highest BCUT2D eigenvalue weighted by molar-refractivity contribution is 7.16. The van der Waals surface area contributed by atoms with Gasteiger partial charge in [-0.25, -0.2) is 0 Å². The Kier molecular flexibility index (Phi) is 5.76. The molecule has 0 atom stereocenters. The zero-order valence-electron chi connectivity index (χ0n) is 10.2. The lowest BCUT2D eigenvalue weighted by Crippen LogP contribution is -2.29. The molecule has 0 saturated heterocycles. The highest BCUT2D eigenvalue weighted by Gasteiger charge is 2.16. The maximum absolute atomic E-state index is 5.87. The molecule has 1 heterocycles. The summed E-state index contributed by atoms with van der Waals surface area (Å²) in [5, 5.41) is 3.46. The van der Waals surface area contributed by atoms with Crippen LogP contribution in [0.5, 0.6) is 0 Å². The lowest BCUT2D eigenvalue weighted by Gasteiger charge is -2.24. The van der Waals surface area contributed by atoms with Crippen molar-refractivity contribution in [3.63, 3.8) is 0 Å². The van der Waals surface area contributed by atoms with Gasteiger partial charge in [-0.15, -0.1) is 11.3 Å². The normalized spacial score (nSPS) is 12.0. The molecule has 0 aromatic carbocycles. The zero-order valence-corrected chi connectivity index (χ0v) is 11.8. The van der Waals surface area contributed by atoms with E-state index in [0.29, 0.717) is 0 Å². The SMILES string of the molecule is COCCC(C)(C)CNCc1ccc(Cl)s1. The maximum Gasteiger partial charge on any atom is 0.0931 e. The van der Waals surface area contributed by atoms with Gasteiger partial charge in [0.05, 0.1) is 4.34 Å². The van der Waals surface area contributed by atoms with Crippen molar-refractivity contribution in [3.8, 4) is 0 Å². The summed E-state index contributed by atoms with van der Waals surface area (Å²) < 4.78 is 5.96. The molecule has 0 saturated carbocycles. The molecule has 0 amide bonds. The fourth-order valence-corrected chi connectivity index (χ4v) is 2.49. The first-order chi connectivity index (χ1) is 7.53. The van der Waals surface area contributed by atoms with Gasteiger partial charge in [0.25, 0.3) is 0 Å². The molecule has 1 aromatic heterocycles. The fourth-order valence-electron chi connectivity index (χ4n) is 1.44. The topological polar surface area (TPSA) is 21.3 Å². The van der Waals surface area contributed by atoms with E-state index in [9.17, 15) is 0 Å². The summed E-state index contributed by atoms with van der Waals surface area (Å²) in [6.45, 7) is 7.21. The molecule has 92 valence electrons. The van der Waals surface area contributed by atoms with Crippen LogP contribution in [0, 0.1) is 5.41 Å². The summed E-state index contributed by atoms with van der Waals surface area (Å²) in [5.41, 5.74) is 0.275. The first-order valence-corrected chi connectivity index (χ1v) is 6.67. The van der Waals surface area contributed by atoms with Gasteiger partial charge in [0.1, 0.15) is 0 Å². The van der Waals surface area contributed by atoms with Gasteiger partial charge in [-0.1, -0.05) is 25.4 Å². The van der Waals surface area contributed by atoms with Crippen LogP contribution in [0.3, 0.4) is 0 Å². The second-order valence-corrected chi connectivity index (χ2v) is 6.52. The number of halogens is 1. The third-order valence-electron chi connectivity index (χ3n) is 2.51. The molecule has 2 nitrogen and oxygen atoms in total. The number of hydrogen-bond acceptors (Lipinski definition) is 3. The van der Waals surface area contributed by atoms with Gasteiger partial charge in [-0.3, -0.25) is 0 Å². The minimum atomic E-state index is 0.275. The Morgan fingerprint density at radius 1 is 1.44 bits per heavy atom. The van der Waals surface area contributed by atoms with Crippen molar-refractivity contribution in [2.45, 2.75) is 26.8 Å². The molecule has 0 aliphatic rings. The van der Waals surface area contributed by atoms with Crippen LogP contribution < -0.4 is 5.32 Å². The fraction of sp³-hybridized carbons (Fsp3) is 0.667. The molecule has 16 heavy (non-hydrogen) atoms. The van der Waals surface area contributed by atoms with Crippen molar-refractivity contribution >= 4 is 22.9 Å². The second kappa shape index (κ2) is 6.60. The largest absolute Gasteiger partial charge is 0.385 e. The number of hydrogen-bond donors (Lipinski definition) is 1. The molecule has 4 heteroatoms. The third-order valence-corrected chi connectivity index (χ3v) is 3.75. The summed E-state index contributed by atoms with van der Waals surface area (Å²) in [5.74, 6) is 0. The number of thiophene rings is 1. The summed E-state index contributed by atoms with van der Waals surface area (Å²) in [7, 11) is 1.75. The Bertz CT molecular complexity index is 312. The van der Waals surface area contributed by atoms with Crippen LogP contribution >= 0.6 is 22.9 Å². The maximum atomic E-state index is 5.87. The minimum absolute atomic E-state index is 0.275. The molecule has 0 radical (unpaired) electrons. The second-order valence-electron chi connectivity index (χ2n) is 4.72. The van der Waals surface area contributed by atoms with Crippen molar-refractivity contribution in [2.75, 3.05) is 20.3 Å². The van der Waals surface area contributed by atoms with E-state index in [1.165, 1.54) is 4.88 Å². The lowest BCUT2D eigenvalue weighted by molar-refractivity contribution is 0.150. The van der Waals surface area contributed by atoms with Gasteiger partial charge in [0.2, 0.25) is 0 Å². The van der Waals surface area contributed by atoms with Gasteiger partial charge in [-0.2, -0.15) is 0 Å². The van der Waals surface area contributed by atoms with Crippen molar-refractivity contribution in [3.05, 3.63) is 21.3 Å². The smallest absolute Gasteiger partial charge is 0.0931 e.